The molecule has 0 amide bonds. The lowest BCUT2D eigenvalue weighted by molar-refractivity contribution is 0.478. The third-order valence-corrected chi connectivity index (χ3v) is 2.22. The Labute approximate surface area is 81.7 Å². The second-order valence-electron chi connectivity index (χ2n) is 2.33. The van der Waals surface area contributed by atoms with Crippen LogP contribution in [0, 0.1) is 0 Å². The molecule has 0 aromatic carbocycles. The molecule has 0 bridgehead atoms. The van der Waals surface area contributed by atoms with E-state index in [1.807, 2.05) is 0 Å². The molecule has 0 saturated carbocycles. The minimum absolute atomic E-state index is 0.117. The highest BCUT2D eigenvalue weighted by Gasteiger charge is 2.06. The first-order valence-corrected chi connectivity index (χ1v) is 4.37. The van der Waals surface area contributed by atoms with Crippen LogP contribution in [0.15, 0.2) is 22.9 Å². The van der Waals surface area contributed by atoms with Gasteiger partial charge < -0.3 is 5.11 Å². The molecule has 2 rings (SSSR count). The van der Waals surface area contributed by atoms with Gasteiger partial charge in [0.2, 0.25) is 0 Å². The second kappa shape index (κ2) is 2.64. The van der Waals surface area contributed by atoms with Crippen molar-refractivity contribution >= 4 is 33.0 Å². The zero-order chi connectivity index (χ0) is 8.72. The van der Waals surface area contributed by atoms with Gasteiger partial charge in [-0.25, -0.2) is 4.52 Å². The van der Waals surface area contributed by atoms with Crippen molar-refractivity contribution in [2.24, 2.45) is 0 Å². The number of aromatic nitrogens is 2. The summed E-state index contributed by atoms with van der Waals surface area (Å²) in [6.07, 6.45) is 3.21. The van der Waals surface area contributed by atoms with E-state index in [0.717, 1.165) is 4.47 Å². The predicted octanol–water partition coefficient (Wildman–Crippen LogP) is 2.46. The number of fused-ring (bicyclic) bond motifs is 1. The summed E-state index contributed by atoms with van der Waals surface area (Å²) < 4.78 is 2.27. The molecule has 12 heavy (non-hydrogen) atoms. The van der Waals surface area contributed by atoms with Gasteiger partial charge in [0, 0.05) is 10.7 Å². The Kier molecular flexibility index (Phi) is 1.73. The van der Waals surface area contributed by atoms with Gasteiger partial charge >= 0.3 is 0 Å². The second-order valence-corrected chi connectivity index (χ2v) is 3.65. The number of hydrogen-bond donors (Lipinski definition) is 1. The zero-order valence-electron chi connectivity index (χ0n) is 5.83. The quantitative estimate of drug-likeness (QED) is 0.776. The number of nitrogens with zero attached hydrogens (tertiary/aromatic N) is 2. The fraction of sp³-hybridized carbons (Fsp3) is 0. The van der Waals surface area contributed by atoms with Crippen LogP contribution in [-0.2, 0) is 0 Å². The number of aromatic hydroxyl groups is 1. The van der Waals surface area contributed by atoms with Gasteiger partial charge in [-0.2, -0.15) is 5.10 Å². The maximum Gasteiger partial charge on any atom is 0.144 e. The average Bonchev–Trinajstić information content (AvgIpc) is 2.31. The Balaban J connectivity index is 2.93. The fourth-order valence-electron chi connectivity index (χ4n) is 1.03. The largest absolute Gasteiger partial charge is 0.506 e. The third kappa shape index (κ3) is 1.07. The van der Waals surface area contributed by atoms with Crippen molar-refractivity contribution in [1.29, 1.82) is 0 Å². The van der Waals surface area contributed by atoms with Crippen LogP contribution < -0.4 is 0 Å². The third-order valence-electron chi connectivity index (χ3n) is 1.51. The van der Waals surface area contributed by atoms with E-state index < -0.39 is 0 Å². The van der Waals surface area contributed by atoms with Crippen molar-refractivity contribution in [2.45, 2.75) is 0 Å². The lowest BCUT2D eigenvalue weighted by Gasteiger charge is -1.97. The summed E-state index contributed by atoms with van der Waals surface area (Å²) in [5.74, 6) is 0.117. The minimum Gasteiger partial charge on any atom is -0.506 e. The molecule has 0 radical (unpaired) electrons. The highest BCUT2D eigenvalue weighted by Crippen LogP contribution is 2.28. The highest BCUT2D eigenvalue weighted by molar-refractivity contribution is 9.10. The molecule has 0 aliphatic heterocycles. The van der Waals surface area contributed by atoms with Crippen LogP contribution in [0.2, 0.25) is 5.02 Å². The highest BCUT2D eigenvalue weighted by atomic mass is 79.9. The first-order valence-electron chi connectivity index (χ1n) is 3.20. The molecule has 0 spiro atoms. The predicted molar refractivity (Wildman–Crippen MR) is 49.6 cm³/mol. The van der Waals surface area contributed by atoms with Gasteiger partial charge in [0.05, 0.1) is 11.2 Å². The van der Waals surface area contributed by atoms with Crippen molar-refractivity contribution in [1.82, 2.24) is 9.61 Å². The molecule has 62 valence electrons. The number of halogens is 2. The first kappa shape index (κ1) is 7.89. The summed E-state index contributed by atoms with van der Waals surface area (Å²) in [5, 5.41) is 13.8. The summed E-state index contributed by atoms with van der Waals surface area (Å²) >= 11 is 9.00. The molecule has 2 aromatic heterocycles. The molecule has 0 fully saturated rings. The summed E-state index contributed by atoms with van der Waals surface area (Å²) in [6, 6.07) is 1.57. The summed E-state index contributed by atoms with van der Waals surface area (Å²) in [4.78, 5) is 0. The molecule has 2 aromatic rings. The summed E-state index contributed by atoms with van der Waals surface area (Å²) in [5.41, 5.74) is 0.528. The van der Waals surface area contributed by atoms with E-state index in [0.29, 0.717) is 10.5 Å². The van der Waals surface area contributed by atoms with Crippen LogP contribution in [0.5, 0.6) is 5.75 Å². The van der Waals surface area contributed by atoms with E-state index in [-0.39, 0.29) is 5.75 Å². The lowest BCUT2D eigenvalue weighted by Crippen LogP contribution is -1.85. The Morgan fingerprint density at radius 3 is 3.08 bits per heavy atom. The van der Waals surface area contributed by atoms with Crippen LogP contribution in [-0.4, -0.2) is 14.7 Å². The van der Waals surface area contributed by atoms with Gasteiger partial charge in [0.25, 0.3) is 0 Å². The fourth-order valence-corrected chi connectivity index (χ4v) is 1.67. The Hall–Kier alpha value is -0.740. The molecule has 1 N–H and O–H groups in total. The van der Waals surface area contributed by atoms with Crippen LogP contribution in [0.25, 0.3) is 5.52 Å². The van der Waals surface area contributed by atoms with E-state index in [9.17, 15) is 5.11 Å². The zero-order valence-corrected chi connectivity index (χ0v) is 8.17. The van der Waals surface area contributed by atoms with Gasteiger partial charge in [-0.15, -0.1) is 0 Å². The average molecular weight is 247 g/mol. The Morgan fingerprint density at radius 2 is 2.33 bits per heavy atom. The van der Waals surface area contributed by atoms with Crippen LogP contribution in [0.1, 0.15) is 0 Å². The van der Waals surface area contributed by atoms with Gasteiger partial charge in [0.15, 0.2) is 0 Å². The smallest absolute Gasteiger partial charge is 0.144 e. The molecule has 0 aliphatic rings. The van der Waals surface area contributed by atoms with E-state index in [1.165, 1.54) is 10.7 Å². The summed E-state index contributed by atoms with van der Waals surface area (Å²) in [7, 11) is 0. The number of rotatable bonds is 0. The molecule has 0 atom stereocenters. The number of pyridine rings is 1. The van der Waals surface area contributed by atoms with Crippen LogP contribution in [0.4, 0.5) is 0 Å². The lowest BCUT2D eigenvalue weighted by atomic mass is 10.4. The van der Waals surface area contributed by atoms with Crippen LogP contribution in [0.3, 0.4) is 0 Å². The molecule has 0 unspecified atom stereocenters. The maximum absolute atomic E-state index is 9.45. The molecule has 5 heteroatoms. The molecule has 0 aliphatic carbocycles. The topological polar surface area (TPSA) is 37.5 Å². The first-order chi connectivity index (χ1) is 5.68. The number of hydrogen-bond acceptors (Lipinski definition) is 2. The standard InChI is InChI=1S/C7H4BrClN2O/c8-4-1-6(12)7-5(9)2-10-11(7)3-4/h1-3,12H. The van der Waals surface area contributed by atoms with E-state index >= 15 is 0 Å². The summed E-state index contributed by atoms with van der Waals surface area (Å²) in [6.45, 7) is 0. The maximum atomic E-state index is 9.45. The monoisotopic (exact) mass is 246 g/mol. The molecule has 3 nitrogen and oxygen atoms in total. The van der Waals surface area contributed by atoms with Gasteiger partial charge in [0.1, 0.15) is 11.3 Å². The van der Waals surface area contributed by atoms with Gasteiger partial charge in [-0.1, -0.05) is 11.6 Å². The van der Waals surface area contributed by atoms with Crippen molar-refractivity contribution in [2.75, 3.05) is 0 Å². The van der Waals surface area contributed by atoms with Crippen molar-refractivity contribution in [3.05, 3.63) is 28.0 Å². The van der Waals surface area contributed by atoms with E-state index in [4.69, 9.17) is 11.6 Å². The van der Waals surface area contributed by atoms with E-state index in [1.54, 1.807) is 12.3 Å². The van der Waals surface area contributed by atoms with Crippen molar-refractivity contribution in [3.8, 4) is 5.75 Å². The SMILES string of the molecule is Oc1cc(Br)cn2ncc(Cl)c12. The molecular formula is C7H4BrClN2O. The molecule has 0 saturated heterocycles. The minimum atomic E-state index is 0.117. The molecule has 2 heterocycles. The van der Waals surface area contributed by atoms with Gasteiger partial charge in [-0.05, 0) is 22.0 Å². The van der Waals surface area contributed by atoms with Crippen LogP contribution >= 0.6 is 27.5 Å². The normalized spacial score (nSPS) is 10.8. The van der Waals surface area contributed by atoms with Crippen molar-refractivity contribution < 1.29 is 5.11 Å². The Morgan fingerprint density at radius 1 is 1.58 bits per heavy atom. The molecular weight excluding hydrogens is 243 g/mol. The van der Waals surface area contributed by atoms with E-state index in [2.05, 4.69) is 21.0 Å². The van der Waals surface area contributed by atoms with Crippen molar-refractivity contribution in [3.63, 3.8) is 0 Å². The van der Waals surface area contributed by atoms with Gasteiger partial charge in [-0.3, -0.25) is 0 Å². The Bertz CT molecular complexity index is 440.